The molecule has 0 saturated carbocycles. The van der Waals surface area contributed by atoms with E-state index in [0.717, 1.165) is 22.0 Å². The highest BCUT2D eigenvalue weighted by molar-refractivity contribution is 9.10. The van der Waals surface area contributed by atoms with Crippen LogP contribution in [0, 0.1) is 6.92 Å². The Morgan fingerprint density at radius 2 is 1.70 bits per heavy atom. The minimum absolute atomic E-state index is 0. The minimum atomic E-state index is -0.632. The Morgan fingerprint density at radius 1 is 1.13 bits per heavy atom. The highest BCUT2D eigenvalue weighted by Gasteiger charge is 2.17. The van der Waals surface area contributed by atoms with Crippen LogP contribution in [0.1, 0.15) is 29.7 Å². The zero-order valence-corrected chi connectivity index (χ0v) is 15.7. The van der Waals surface area contributed by atoms with Crippen LogP contribution in [0.4, 0.5) is 0 Å². The predicted molar refractivity (Wildman–Crippen MR) is 101 cm³/mol. The fourth-order valence-electron chi connectivity index (χ4n) is 2.28. The lowest BCUT2D eigenvalue weighted by Crippen LogP contribution is -2.40. The van der Waals surface area contributed by atoms with Crippen molar-refractivity contribution in [1.82, 2.24) is 5.32 Å². The number of benzene rings is 2. The maximum absolute atomic E-state index is 12.2. The van der Waals surface area contributed by atoms with E-state index < -0.39 is 6.04 Å². The van der Waals surface area contributed by atoms with E-state index in [1.165, 1.54) is 5.56 Å². The summed E-state index contributed by atoms with van der Waals surface area (Å²) in [6.45, 7) is 4.00. The maximum Gasteiger partial charge on any atom is 0.241 e. The predicted octanol–water partition coefficient (Wildman–Crippen LogP) is 3.93. The Balaban J connectivity index is 0.00000264. The molecule has 2 aromatic carbocycles. The van der Waals surface area contributed by atoms with Crippen LogP contribution in [0.2, 0.25) is 0 Å². The van der Waals surface area contributed by atoms with E-state index in [2.05, 4.69) is 21.2 Å². The quantitative estimate of drug-likeness (QED) is 0.803. The van der Waals surface area contributed by atoms with Crippen LogP contribution < -0.4 is 11.1 Å². The fraction of sp³-hybridized carbons (Fsp3) is 0.278. The van der Waals surface area contributed by atoms with E-state index in [9.17, 15) is 4.79 Å². The molecule has 0 aromatic heterocycles. The molecule has 0 radical (unpaired) electrons. The standard InChI is InChI=1S/C18H21BrN2O.ClH/c1-12-3-7-15(8-4-12)17(20)18(22)21-13(2)11-14-5-9-16(19)10-6-14;/h3-10,13,17H,11,20H2,1-2H3,(H,21,22);1H. The van der Waals surface area contributed by atoms with E-state index in [4.69, 9.17) is 5.73 Å². The number of carbonyl (C=O) groups is 1. The number of carbonyl (C=O) groups excluding carboxylic acids is 1. The smallest absolute Gasteiger partial charge is 0.241 e. The van der Waals surface area contributed by atoms with Gasteiger partial charge in [-0.25, -0.2) is 0 Å². The van der Waals surface area contributed by atoms with Gasteiger partial charge in [0.2, 0.25) is 5.91 Å². The van der Waals surface area contributed by atoms with Crippen LogP contribution >= 0.6 is 28.3 Å². The summed E-state index contributed by atoms with van der Waals surface area (Å²) in [6.07, 6.45) is 0.777. The van der Waals surface area contributed by atoms with Gasteiger partial charge in [0.1, 0.15) is 6.04 Å². The fourth-order valence-corrected chi connectivity index (χ4v) is 2.55. The number of hydrogen-bond acceptors (Lipinski definition) is 2. The molecule has 5 heteroatoms. The van der Waals surface area contributed by atoms with Crippen molar-refractivity contribution in [1.29, 1.82) is 0 Å². The molecule has 3 nitrogen and oxygen atoms in total. The van der Waals surface area contributed by atoms with E-state index >= 15 is 0 Å². The number of halogens is 2. The van der Waals surface area contributed by atoms with Gasteiger partial charge in [0, 0.05) is 10.5 Å². The second kappa shape index (κ2) is 9.06. The van der Waals surface area contributed by atoms with E-state index in [-0.39, 0.29) is 24.4 Å². The van der Waals surface area contributed by atoms with Gasteiger partial charge in [-0.1, -0.05) is 57.9 Å². The van der Waals surface area contributed by atoms with Gasteiger partial charge in [0.15, 0.2) is 0 Å². The van der Waals surface area contributed by atoms with Crippen molar-refractivity contribution in [2.45, 2.75) is 32.4 Å². The Morgan fingerprint density at radius 3 is 2.26 bits per heavy atom. The van der Waals surface area contributed by atoms with E-state index in [0.29, 0.717) is 0 Å². The first-order chi connectivity index (χ1) is 10.5. The Bertz CT molecular complexity index is 628. The van der Waals surface area contributed by atoms with Gasteiger partial charge < -0.3 is 11.1 Å². The molecule has 2 unspecified atom stereocenters. The number of nitrogens with one attached hydrogen (secondary N) is 1. The first-order valence-corrected chi connectivity index (χ1v) is 8.12. The molecule has 0 saturated heterocycles. The first kappa shape index (κ1) is 19.7. The topological polar surface area (TPSA) is 55.1 Å². The SMILES string of the molecule is Cc1ccc(C(N)C(=O)NC(C)Cc2ccc(Br)cc2)cc1.Cl. The number of amides is 1. The molecular weight excluding hydrogens is 376 g/mol. The molecule has 2 atom stereocenters. The molecule has 0 aliphatic carbocycles. The molecule has 23 heavy (non-hydrogen) atoms. The van der Waals surface area contributed by atoms with Gasteiger partial charge in [-0.15, -0.1) is 12.4 Å². The molecule has 2 aromatic rings. The van der Waals surface area contributed by atoms with Crippen LogP contribution in [0.5, 0.6) is 0 Å². The summed E-state index contributed by atoms with van der Waals surface area (Å²) >= 11 is 3.42. The second-order valence-corrected chi connectivity index (χ2v) is 6.54. The average molecular weight is 398 g/mol. The van der Waals surface area contributed by atoms with Gasteiger partial charge in [-0.2, -0.15) is 0 Å². The number of hydrogen-bond donors (Lipinski definition) is 2. The van der Waals surface area contributed by atoms with Crippen molar-refractivity contribution in [2.75, 3.05) is 0 Å². The second-order valence-electron chi connectivity index (χ2n) is 5.63. The molecule has 0 heterocycles. The van der Waals surface area contributed by atoms with Crippen molar-refractivity contribution < 1.29 is 4.79 Å². The van der Waals surface area contributed by atoms with Crippen LogP contribution in [-0.4, -0.2) is 11.9 Å². The summed E-state index contributed by atoms with van der Waals surface area (Å²) in [5, 5.41) is 2.98. The first-order valence-electron chi connectivity index (χ1n) is 7.32. The molecule has 2 rings (SSSR count). The third kappa shape index (κ3) is 5.98. The number of rotatable bonds is 5. The van der Waals surface area contributed by atoms with Crippen molar-refractivity contribution in [2.24, 2.45) is 5.73 Å². The normalized spacial score (nSPS) is 12.9. The summed E-state index contributed by atoms with van der Waals surface area (Å²) in [5.41, 5.74) is 9.20. The van der Waals surface area contributed by atoms with E-state index in [1.807, 2.05) is 62.4 Å². The third-order valence-electron chi connectivity index (χ3n) is 3.56. The lowest BCUT2D eigenvalue weighted by molar-refractivity contribution is -0.123. The molecular formula is C18H22BrClN2O. The summed E-state index contributed by atoms with van der Waals surface area (Å²) in [4.78, 5) is 12.2. The molecule has 3 N–H and O–H groups in total. The lowest BCUT2D eigenvalue weighted by Gasteiger charge is -2.18. The molecule has 0 bridgehead atoms. The summed E-state index contributed by atoms with van der Waals surface area (Å²) in [5.74, 6) is -0.145. The van der Waals surface area contributed by atoms with Gasteiger partial charge >= 0.3 is 0 Å². The largest absolute Gasteiger partial charge is 0.352 e. The molecule has 0 aliphatic rings. The van der Waals surface area contributed by atoms with Gasteiger partial charge in [-0.05, 0) is 43.5 Å². The van der Waals surface area contributed by atoms with Gasteiger partial charge in [0.05, 0.1) is 0 Å². The van der Waals surface area contributed by atoms with Crippen molar-refractivity contribution in [3.8, 4) is 0 Å². The van der Waals surface area contributed by atoms with Crippen molar-refractivity contribution in [3.63, 3.8) is 0 Å². The minimum Gasteiger partial charge on any atom is -0.352 e. The Kier molecular flexibility index (Phi) is 7.76. The highest BCUT2D eigenvalue weighted by atomic mass is 79.9. The summed E-state index contributed by atoms with van der Waals surface area (Å²) in [7, 11) is 0. The van der Waals surface area contributed by atoms with Crippen LogP contribution in [-0.2, 0) is 11.2 Å². The zero-order chi connectivity index (χ0) is 16.1. The Hall–Kier alpha value is -1.36. The van der Waals surface area contributed by atoms with Gasteiger partial charge in [0.25, 0.3) is 0 Å². The van der Waals surface area contributed by atoms with Crippen LogP contribution in [0.25, 0.3) is 0 Å². The van der Waals surface area contributed by atoms with Crippen molar-refractivity contribution >= 4 is 34.2 Å². The lowest BCUT2D eigenvalue weighted by atomic mass is 10.0. The average Bonchev–Trinajstić information content (AvgIpc) is 2.49. The summed E-state index contributed by atoms with van der Waals surface area (Å²) in [6, 6.07) is 15.2. The monoisotopic (exact) mass is 396 g/mol. The maximum atomic E-state index is 12.2. The van der Waals surface area contributed by atoms with E-state index in [1.54, 1.807) is 0 Å². The molecule has 1 amide bonds. The zero-order valence-electron chi connectivity index (χ0n) is 13.3. The number of nitrogens with two attached hydrogens (primary N) is 1. The molecule has 0 aliphatic heterocycles. The number of aryl methyl sites for hydroxylation is 1. The third-order valence-corrected chi connectivity index (χ3v) is 4.09. The van der Waals surface area contributed by atoms with Gasteiger partial charge in [-0.3, -0.25) is 4.79 Å². The van der Waals surface area contributed by atoms with Crippen molar-refractivity contribution in [3.05, 3.63) is 69.7 Å². The van der Waals surface area contributed by atoms with Crippen LogP contribution in [0.3, 0.4) is 0 Å². The molecule has 124 valence electrons. The molecule has 0 spiro atoms. The summed E-state index contributed by atoms with van der Waals surface area (Å²) < 4.78 is 1.05. The van der Waals surface area contributed by atoms with Crippen LogP contribution in [0.15, 0.2) is 53.0 Å². The molecule has 0 fully saturated rings. The Labute approximate surface area is 152 Å². The highest BCUT2D eigenvalue weighted by Crippen LogP contribution is 2.14.